The molecule has 0 aromatic heterocycles. The van der Waals surface area contributed by atoms with Crippen molar-refractivity contribution in [1.29, 1.82) is 0 Å². The van der Waals surface area contributed by atoms with Crippen molar-refractivity contribution < 1.29 is 9.47 Å². The van der Waals surface area contributed by atoms with Crippen molar-refractivity contribution in [2.45, 2.75) is 12.3 Å². The van der Waals surface area contributed by atoms with Crippen LogP contribution in [0.2, 0.25) is 0 Å². The monoisotopic (exact) mass is 268 g/mol. The van der Waals surface area contributed by atoms with Gasteiger partial charge in [-0.05, 0) is 42.3 Å². The molecule has 0 amide bonds. The van der Waals surface area contributed by atoms with E-state index < -0.39 is 0 Å². The summed E-state index contributed by atoms with van der Waals surface area (Å²) < 4.78 is 10.4. The van der Waals surface area contributed by atoms with E-state index in [1.807, 2.05) is 30.3 Å². The summed E-state index contributed by atoms with van der Waals surface area (Å²) in [5.74, 6) is 1.71. The minimum atomic E-state index is -0.238. The maximum Gasteiger partial charge on any atom is 0.118 e. The van der Waals surface area contributed by atoms with Crippen molar-refractivity contribution in [2.24, 2.45) is 0 Å². The van der Waals surface area contributed by atoms with Crippen molar-refractivity contribution in [3.63, 3.8) is 0 Å². The Morgan fingerprint density at radius 3 is 1.40 bits per heavy atom. The van der Waals surface area contributed by atoms with E-state index in [1.54, 1.807) is 14.2 Å². The summed E-state index contributed by atoms with van der Waals surface area (Å²) in [6.45, 7) is 6.16. The third-order valence-electron chi connectivity index (χ3n) is 3.79. The van der Waals surface area contributed by atoms with E-state index in [0.717, 1.165) is 11.5 Å². The zero-order valence-electron chi connectivity index (χ0n) is 12.2. The molecule has 0 aliphatic heterocycles. The van der Waals surface area contributed by atoms with E-state index in [0.29, 0.717) is 0 Å². The lowest BCUT2D eigenvalue weighted by Crippen LogP contribution is -2.20. The summed E-state index contributed by atoms with van der Waals surface area (Å²) in [6, 6.07) is 16.2. The average Bonchev–Trinajstić information content (AvgIpc) is 2.54. The maximum atomic E-state index is 5.21. The lowest BCUT2D eigenvalue weighted by Gasteiger charge is -2.27. The molecule has 0 aliphatic carbocycles. The van der Waals surface area contributed by atoms with Crippen LogP contribution in [0.1, 0.15) is 18.1 Å². The summed E-state index contributed by atoms with van der Waals surface area (Å²) in [5, 5.41) is 0. The van der Waals surface area contributed by atoms with Gasteiger partial charge in [-0.1, -0.05) is 30.3 Å². The summed E-state index contributed by atoms with van der Waals surface area (Å²) in [7, 11) is 3.34. The first-order valence-corrected chi connectivity index (χ1v) is 6.56. The van der Waals surface area contributed by atoms with Gasteiger partial charge < -0.3 is 9.47 Å². The summed E-state index contributed by atoms with van der Waals surface area (Å²) in [5.41, 5.74) is 2.12. The smallest absolute Gasteiger partial charge is 0.118 e. The van der Waals surface area contributed by atoms with Crippen molar-refractivity contribution in [1.82, 2.24) is 0 Å². The molecule has 0 aliphatic rings. The van der Waals surface area contributed by atoms with Gasteiger partial charge in [0.1, 0.15) is 11.5 Å². The highest BCUT2D eigenvalue weighted by Gasteiger charge is 2.25. The Balaban J connectivity index is 2.42. The number of allylic oxidation sites excluding steroid dienone is 1. The fourth-order valence-electron chi connectivity index (χ4n) is 2.28. The van der Waals surface area contributed by atoms with Crippen LogP contribution in [0.25, 0.3) is 0 Å². The highest BCUT2D eigenvalue weighted by molar-refractivity contribution is 5.46. The van der Waals surface area contributed by atoms with Gasteiger partial charge in [0.2, 0.25) is 0 Å². The van der Waals surface area contributed by atoms with E-state index in [4.69, 9.17) is 9.47 Å². The molecular weight excluding hydrogens is 248 g/mol. The minimum absolute atomic E-state index is 0.238. The number of methoxy groups -OCH3 is 2. The Hall–Kier alpha value is -2.22. The van der Waals surface area contributed by atoms with Crippen molar-refractivity contribution in [3.05, 3.63) is 72.3 Å². The fourth-order valence-corrected chi connectivity index (χ4v) is 2.28. The van der Waals surface area contributed by atoms with E-state index >= 15 is 0 Å². The zero-order chi connectivity index (χ0) is 14.6. The lowest BCUT2D eigenvalue weighted by atomic mass is 9.76. The molecule has 0 saturated carbocycles. The number of benzene rings is 2. The highest BCUT2D eigenvalue weighted by atomic mass is 16.5. The first kappa shape index (κ1) is 14.2. The molecular formula is C18H20O2. The normalized spacial score (nSPS) is 10.9. The quantitative estimate of drug-likeness (QED) is 0.757. The predicted octanol–water partition coefficient (Wildman–Crippen LogP) is 4.20. The topological polar surface area (TPSA) is 18.5 Å². The molecule has 0 bridgehead atoms. The molecule has 0 spiro atoms. The second-order valence-corrected chi connectivity index (χ2v) is 4.86. The van der Waals surface area contributed by atoms with Crippen LogP contribution in [-0.4, -0.2) is 14.2 Å². The molecule has 0 radical (unpaired) electrons. The second kappa shape index (κ2) is 5.83. The Bertz CT molecular complexity index is 520. The van der Waals surface area contributed by atoms with Crippen LogP contribution in [-0.2, 0) is 5.41 Å². The van der Waals surface area contributed by atoms with E-state index in [-0.39, 0.29) is 5.41 Å². The van der Waals surface area contributed by atoms with Crippen LogP contribution < -0.4 is 9.47 Å². The van der Waals surface area contributed by atoms with Crippen LogP contribution in [0.15, 0.2) is 61.2 Å². The van der Waals surface area contributed by atoms with Gasteiger partial charge in [-0.2, -0.15) is 0 Å². The number of rotatable bonds is 5. The number of hydrogen-bond donors (Lipinski definition) is 0. The molecule has 0 heterocycles. The van der Waals surface area contributed by atoms with E-state index in [2.05, 4.69) is 37.8 Å². The summed E-state index contributed by atoms with van der Waals surface area (Å²) >= 11 is 0. The molecule has 2 heteroatoms. The van der Waals surface area contributed by atoms with Crippen molar-refractivity contribution in [2.75, 3.05) is 14.2 Å². The van der Waals surface area contributed by atoms with Crippen LogP contribution in [0.3, 0.4) is 0 Å². The van der Waals surface area contributed by atoms with Gasteiger partial charge in [-0.15, -0.1) is 6.58 Å². The Labute approximate surface area is 120 Å². The highest BCUT2D eigenvalue weighted by Crippen LogP contribution is 2.34. The standard InChI is InChI=1S/C18H20O2/c1-5-18(2,14-6-10-16(19-3)11-7-14)15-8-12-17(20-4)13-9-15/h5-13H,1H2,2-4H3. The zero-order valence-corrected chi connectivity index (χ0v) is 12.2. The molecule has 0 N–H and O–H groups in total. The lowest BCUT2D eigenvalue weighted by molar-refractivity contribution is 0.414. The summed E-state index contributed by atoms with van der Waals surface area (Å²) in [4.78, 5) is 0. The van der Waals surface area contributed by atoms with E-state index in [1.165, 1.54) is 11.1 Å². The molecule has 0 atom stereocenters. The van der Waals surface area contributed by atoms with Crippen LogP contribution in [0.5, 0.6) is 11.5 Å². The first-order valence-electron chi connectivity index (χ1n) is 6.56. The van der Waals surface area contributed by atoms with Gasteiger partial charge in [-0.25, -0.2) is 0 Å². The fraction of sp³-hybridized carbons (Fsp3) is 0.222. The minimum Gasteiger partial charge on any atom is -0.497 e. The Kier molecular flexibility index (Phi) is 4.14. The Morgan fingerprint density at radius 1 is 0.800 bits per heavy atom. The van der Waals surface area contributed by atoms with Gasteiger partial charge >= 0.3 is 0 Å². The average molecular weight is 268 g/mol. The molecule has 2 rings (SSSR count). The van der Waals surface area contributed by atoms with Gasteiger partial charge in [0.15, 0.2) is 0 Å². The van der Waals surface area contributed by atoms with Crippen LogP contribution in [0, 0.1) is 0 Å². The van der Waals surface area contributed by atoms with Gasteiger partial charge in [-0.3, -0.25) is 0 Å². The summed E-state index contributed by atoms with van der Waals surface area (Å²) in [6.07, 6.45) is 1.97. The van der Waals surface area contributed by atoms with Gasteiger partial charge in [0, 0.05) is 5.41 Å². The van der Waals surface area contributed by atoms with Gasteiger partial charge in [0.05, 0.1) is 14.2 Å². The van der Waals surface area contributed by atoms with Crippen molar-refractivity contribution >= 4 is 0 Å². The first-order chi connectivity index (χ1) is 9.63. The Morgan fingerprint density at radius 2 is 1.15 bits per heavy atom. The molecule has 2 aromatic rings. The third-order valence-corrected chi connectivity index (χ3v) is 3.79. The third kappa shape index (κ3) is 2.55. The molecule has 0 fully saturated rings. The molecule has 104 valence electrons. The number of ether oxygens (including phenoxy) is 2. The maximum absolute atomic E-state index is 5.21. The van der Waals surface area contributed by atoms with E-state index in [9.17, 15) is 0 Å². The molecule has 20 heavy (non-hydrogen) atoms. The molecule has 2 aromatic carbocycles. The second-order valence-electron chi connectivity index (χ2n) is 4.86. The largest absolute Gasteiger partial charge is 0.497 e. The van der Waals surface area contributed by atoms with Gasteiger partial charge in [0.25, 0.3) is 0 Å². The SMILES string of the molecule is C=CC(C)(c1ccc(OC)cc1)c1ccc(OC)cc1. The molecule has 2 nitrogen and oxygen atoms in total. The molecule has 0 saturated heterocycles. The number of hydrogen-bond acceptors (Lipinski definition) is 2. The van der Waals surface area contributed by atoms with Crippen molar-refractivity contribution in [3.8, 4) is 11.5 Å². The predicted molar refractivity (Wildman–Crippen MR) is 82.6 cm³/mol. The van der Waals surface area contributed by atoms with Crippen LogP contribution >= 0.6 is 0 Å². The van der Waals surface area contributed by atoms with Crippen LogP contribution in [0.4, 0.5) is 0 Å². The molecule has 0 unspecified atom stereocenters.